The van der Waals surface area contributed by atoms with E-state index < -0.39 is 42.2 Å². The Kier molecular flexibility index (Phi) is 28.6. The molecular formula is C94H147N33O13. The van der Waals surface area contributed by atoms with E-state index in [0.29, 0.717) is 79.1 Å². The Balaban J connectivity index is 0.000000125. The Hall–Kier alpha value is -11.4. The summed E-state index contributed by atoms with van der Waals surface area (Å²) in [5.41, 5.74) is 27.0. The monoisotopic (exact) mass is 1950 g/mol. The highest BCUT2D eigenvalue weighted by atomic mass is 16.3. The second-order valence-electron chi connectivity index (χ2n) is 45.4. The third kappa shape index (κ3) is 20.7. The van der Waals surface area contributed by atoms with Crippen LogP contribution in [0.15, 0.2) is 111 Å². The predicted molar refractivity (Wildman–Crippen MR) is 527 cm³/mol. The number of aliphatic hydroxyl groups excluding tert-OH is 6. The number of guanidine groups is 5. The predicted octanol–water partition coefficient (Wildman–Crippen LogP) is -4.14. The van der Waals surface area contributed by atoms with Crippen molar-refractivity contribution < 1.29 is 64.2 Å². The molecule has 32 unspecified atom stereocenters. The van der Waals surface area contributed by atoms with Gasteiger partial charge in [0.05, 0.1) is 61.9 Å². The van der Waals surface area contributed by atoms with Crippen molar-refractivity contribution in [3.8, 4) is 0 Å². The quantitative estimate of drug-likeness (QED) is 0.0615. The van der Waals surface area contributed by atoms with Gasteiger partial charge in [-0.3, -0.25) is 75.5 Å². The van der Waals surface area contributed by atoms with Crippen LogP contribution >= 0.6 is 0 Å². The zero-order chi connectivity index (χ0) is 102. The molecule has 14 heterocycles. The van der Waals surface area contributed by atoms with Crippen LogP contribution in [0.4, 0.5) is 0 Å². The van der Waals surface area contributed by atoms with Gasteiger partial charge >= 0.3 is 0 Å². The molecule has 0 spiro atoms. The van der Waals surface area contributed by atoms with E-state index in [2.05, 4.69) is 200 Å². The molecule has 46 heteroatoms. The molecule has 766 valence electrons. The van der Waals surface area contributed by atoms with E-state index in [0.717, 1.165) is 41.6 Å². The Morgan fingerprint density at radius 2 is 0.793 bits per heavy atom. The largest absolute Gasteiger partial charge is 0.392 e. The number of hydrogen-bond donors (Lipinski definition) is 23. The molecule has 0 radical (unpaired) electrons. The van der Waals surface area contributed by atoms with Crippen molar-refractivity contribution in [2.75, 3.05) is 47.3 Å². The summed E-state index contributed by atoms with van der Waals surface area (Å²) >= 11 is 0. The van der Waals surface area contributed by atoms with Crippen LogP contribution in [-0.4, -0.2) is 363 Å². The van der Waals surface area contributed by atoms with Crippen molar-refractivity contribution in [2.24, 2.45) is 140 Å². The van der Waals surface area contributed by atoms with Gasteiger partial charge in [-0.1, -0.05) is 26.0 Å². The van der Waals surface area contributed by atoms with E-state index >= 15 is 0 Å². The molecule has 0 bridgehead atoms. The lowest BCUT2D eigenvalue weighted by atomic mass is 9.93. The first kappa shape index (κ1) is 103. The van der Waals surface area contributed by atoms with Crippen LogP contribution in [0.2, 0.25) is 0 Å². The molecule has 0 aromatic carbocycles. The van der Waals surface area contributed by atoms with E-state index in [1.54, 1.807) is 45.1 Å². The number of aliphatic hydroxyl groups is 6. The smallest absolute Gasteiger partial charge is 0.256 e. The molecule has 140 heavy (non-hydrogen) atoms. The number of hydrogen-bond acceptors (Lipinski definition) is 38. The van der Waals surface area contributed by atoms with Crippen LogP contribution in [0.3, 0.4) is 0 Å². The molecule has 0 aromatic rings. The molecule has 1 saturated heterocycles. The second-order valence-corrected chi connectivity index (χ2v) is 45.4. The first-order valence-corrected chi connectivity index (χ1v) is 48.5. The Morgan fingerprint density at radius 3 is 1.19 bits per heavy atom. The van der Waals surface area contributed by atoms with Crippen LogP contribution in [0.5, 0.6) is 0 Å². The minimum absolute atomic E-state index is 0.0120. The number of carbonyl (C=O) groups is 7. The number of amides is 7. The van der Waals surface area contributed by atoms with Crippen molar-refractivity contribution in [3.63, 3.8) is 0 Å². The zero-order valence-electron chi connectivity index (χ0n) is 83.8. The maximum absolute atomic E-state index is 12.5. The highest BCUT2D eigenvalue weighted by Crippen LogP contribution is 2.56. The first-order chi connectivity index (χ1) is 65.4. The summed E-state index contributed by atoms with van der Waals surface area (Å²) in [5.74, 6) is 1.36. The van der Waals surface area contributed by atoms with Crippen molar-refractivity contribution in [1.82, 2.24) is 97.7 Å². The van der Waals surface area contributed by atoms with E-state index in [-0.39, 0.29) is 208 Å². The fourth-order valence-electron chi connectivity index (χ4n) is 22.6. The number of nitrogens with zero attached hydrogens (tertiary/aromatic N) is 16. The standard InChI is InChI=1S/C17H27N5O3.C16H25N5O3.2C15H23N5O2.C12H19N5O.C10H16N4O.C9H14N4O/c1-17(2,3)22-6-7(10-14(22)20-16(18)21-15(10)25)5-19-11-8-4-9(8)12(23)13(11)24;1-16(2,3)21-7-8(6-18-9-4-5-10(22)12(9)23)11-13(21)19-15(17)20-14(11)24;2*1-6-11(8-3-9(8)12(6)21)17-4-7-5-20(2)13-10(7)14(22)19-15(16)18-13;1-6(13)7-5-17(12(2,3)4)9-8(7)10(18)16-11(14)15-9;1-10(2,3)14-6-11-7-8(14)12-5-13(4)9(7)15;1-9(2,3)13-5-12-6-7(13)10-4-11-8(6)14/h6,8-14,19,23-24H,4-5H2,1-3H3,(H3,18,20,21,25);4-5,7,9-13,18,22-23H,6H2,1-3H3,(H3,17,19,20,24);2*5-6,8-13,17,21H,3-4H2,1-2H3,(H3,16,18,19,22);5,8-9,13H,1-4H3,(H3,14,15,16,18);5-8H,1-4H3;4-7H,1-3H3,(H,10,11,14). The minimum Gasteiger partial charge on any atom is -0.392 e. The lowest BCUT2D eigenvalue weighted by molar-refractivity contribution is -0.129. The van der Waals surface area contributed by atoms with Crippen molar-refractivity contribution in [3.05, 3.63) is 71.0 Å². The minimum atomic E-state index is -0.879. The summed E-state index contributed by atoms with van der Waals surface area (Å²) < 4.78 is 0. The lowest BCUT2D eigenvalue weighted by Crippen LogP contribution is -2.64. The summed E-state index contributed by atoms with van der Waals surface area (Å²) in [4.78, 5) is 135. The topological polar surface area (TPSA) is 650 Å². The van der Waals surface area contributed by atoms with Gasteiger partial charge < -0.3 is 130 Å². The van der Waals surface area contributed by atoms with Gasteiger partial charge in [-0.05, 0) is 200 Å². The Labute approximate surface area is 816 Å². The lowest BCUT2D eigenvalue weighted by Gasteiger charge is -2.41. The number of nitrogens with one attached hydrogen (secondary N) is 13. The average molecular weight is 1950 g/mol. The van der Waals surface area contributed by atoms with E-state index in [1.165, 1.54) is 11.2 Å². The number of carbonyl (C=O) groups excluding carboxylic acids is 7. The molecule has 7 aliphatic carbocycles. The maximum Gasteiger partial charge on any atom is 0.256 e. The number of nitrogens with two attached hydrogens (primary N) is 4. The fraction of sp³-hybridized carbons (Fsp3) is 0.691. The first-order valence-electron chi connectivity index (χ1n) is 48.5. The van der Waals surface area contributed by atoms with Crippen LogP contribution in [-0.2, 0) is 33.6 Å². The Bertz CT molecular complexity index is 5220. The van der Waals surface area contributed by atoms with Crippen molar-refractivity contribution >= 4 is 102 Å². The summed E-state index contributed by atoms with van der Waals surface area (Å²) in [5, 5.41) is 107. The highest BCUT2D eigenvalue weighted by Gasteiger charge is 2.62. The van der Waals surface area contributed by atoms with Crippen LogP contribution in [0.1, 0.15) is 144 Å². The third-order valence-corrected chi connectivity index (χ3v) is 30.4. The van der Waals surface area contributed by atoms with Gasteiger partial charge in [-0.15, -0.1) is 0 Å². The molecule has 21 aliphatic rings. The fourth-order valence-corrected chi connectivity index (χ4v) is 22.6. The second kappa shape index (κ2) is 38.8. The van der Waals surface area contributed by atoms with Gasteiger partial charge in [0.2, 0.25) is 29.5 Å². The molecule has 21 rings (SSSR count). The summed E-state index contributed by atoms with van der Waals surface area (Å²) in [7, 11) is 5.54. The molecule has 32 atom stereocenters. The van der Waals surface area contributed by atoms with Crippen molar-refractivity contribution in [1.29, 1.82) is 10.8 Å². The molecular weight excluding hydrogens is 1800 g/mol. The summed E-state index contributed by atoms with van der Waals surface area (Å²) in [6, 6.07) is -0.527. The number of aliphatic imine (C=N–C) groups is 8. The molecule has 6 saturated carbocycles. The van der Waals surface area contributed by atoms with Crippen molar-refractivity contribution in [2.45, 2.75) is 288 Å². The Morgan fingerprint density at radius 1 is 0.414 bits per heavy atom. The van der Waals surface area contributed by atoms with E-state index in [9.17, 15) is 64.2 Å². The highest BCUT2D eigenvalue weighted by molar-refractivity contribution is 6.09. The summed E-state index contributed by atoms with van der Waals surface area (Å²) in [6.07, 6.45) is 17.5. The van der Waals surface area contributed by atoms with Gasteiger partial charge in [-0.25, -0.2) is 30.0 Å². The van der Waals surface area contributed by atoms with Crippen LogP contribution < -0.4 is 81.4 Å². The van der Waals surface area contributed by atoms with Gasteiger partial charge in [0, 0.05) is 135 Å². The van der Waals surface area contributed by atoms with Crippen LogP contribution in [0, 0.1) is 87.8 Å². The van der Waals surface area contributed by atoms with Gasteiger partial charge in [0.25, 0.3) is 11.8 Å². The molecule has 46 nitrogen and oxygen atoms in total. The SMILES string of the molecule is CC(=N)C1=CN(C(C)(C)C)C2NC(=N)NC(=O)C12.CC(C)(C)N1C=C(CNC2C(O)C(O)C3CC32)C2C(=O)NC(N)=NC21.CC(C)(C)N1C=C(CNC2C=CC(O)C2O)C2C(=O)NC(N)=NC21.CC(C)(C)N1C=NC2C(=O)NC=NC21.CC1C(O)C2CC2C1NCC1=CN(C)C2N=C(N)NC(=O)C12.CC1C(O)C2CC2C1NCC1=CN(C)C2N=C(N)NC(=O)C12.CN1C=NC2C(N=CN2C(C)(C)C)C1=O. The summed E-state index contributed by atoms with van der Waals surface area (Å²) in [6.45, 7) is 39.0. The van der Waals surface area contributed by atoms with E-state index in [1.807, 2.05) is 95.3 Å². The van der Waals surface area contributed by atoms with Gasteiger partial charge in [-0.2, -0.15) is 0 Å². The molecule has 14 aliphatic heterocycles. The average Bonchev–Trinajstić information content (AvgIpc) is 1.58. The molecule has 27 N–H and O–H groups in total. The molecule has 0 aromatic heterocycles. The third-order valence-electron chi connectivity index (χ3n) is 30.4. The normalized spacial score (nSPS) is 37.9. The van der Waals surface area contributed by atoms with Gasteiger partial charge in [0.15, 0.2) is 54.2 Å². The zero-order valence-corrected chi connectivity index (χ0v) is 83.8. The molecule has 7 fully saturated rings. The molecule has 7 amide bonds. The number of rotatable bonds is 13. The van der Waals surface area contributed by atoms with Crippen LogP contribution in [0.25, 0.3) is 0 Å². The van der Waals surface area contributed by atoms with E-state index in [4.69, 9.17) is 33.8 Å². The van der Waals surface area contributed by atoms with Gasteiger partial charge in [0.1, 0.15) is 66.5 Å². The maximum atomic E-state index is 12.5. The number of likely N-dealkylation sites (N-methyl/N-ethyl adjacent to an activating group) is 1. The number of fused-ring (bicyclic) bond motifs is 10.